The molecule has 0 heterocycles. The highest BCUT2D eigenvalue weighted by Gasteiger charge is 2.51. The Morgan fingerprint density at radius 1 is 0.667 bits per heavy atom. The van der Waals surface area contributed by atoms with E-state index in [2.05, 4.69) is 60.7 Å². The van der Waals surface area contributed by atoms with Crippen molar-refractivity contribution in [2.24, 2.45) is 23.2 Å². The normalized spacial score (nSPS) is 34.0. The molecule has 24 heavy (non-hydrogen) atoms. The number of benzene rings is 2. The Bertz CT molecular complexity index is 610. The lowest BCUT2D eigenvalue weighted by atomic mass is 9.48. The quantitative estimate of drug-likeness (QED) is 0.610. The van der Waals surface area contributed by atoms with Gasteiger partial charge in [-0.05, 0) is 79.2 Å². The fourth-order valence-corrected chi connectivity index (χ4v) is 6.77. The first-order valence-corrected chi connectivity index (χ1v) is 9.90. The van der Waals surface area contributed by atoms with Crippen molar-refractivity contribution in [1.29, 1.82) is 0 Å². The zero-order valence-electron chi connectivity index (χ0n) is 14.5. The van der Waals surface area contributed by atoms with Crippen molar-refractivity contribution >= 4 is 0 Å². The van der Waals surface area contributed by atoms with Gasteiger partial charge in [-0.1, -0.05) is 60.7 Å². The highest BCUT2D eigenvalue weighted by molar-refractivity contribution is 5.33. The summed E-state index contributed by atoms with van der Waals surface area (Å²) >= 11 is 0. The fourth-order valence-electron chi connectivity index (χ4n) is 6.77. The maximum absolute atomic E-state index is 2.35. The van der Waals surface area contributed by atoms with Crippen molar-refractivity contribution < 1.29 is 0 Å². The van der Waals surface area contributed by atoms with Crippen LogP contribution in [0.1, 0.15) is 62.0 Å². The van der Waals surface area contributed by atoms with Crippen LogP contribution in [0.3, 0.4) is 0 Å². The molecule has 2 aromatic carbocycles. The summed E-state index contributed by atoms with van der Waals surface area (Å²) in [4.78, 5) is 0. The lowest BCUT2D eigenvalue weighted by Gasteiger charge is -2.57. The van der Waals surface area contributed by atoms with E-state index in [9.17, 15) is 0 Å². The van der Waals surface area contributed by atoms with E-state index in [-0.39, 0.29) is 0 Å². The molecular weight excluding hydrogens is 288 g/mol. The van der Waals surface area contributed by atoms with E-state index in [1.165, 1.54) is 36.8 Å². The molecule has 4 aliphatic carbocycles. The SMILES string of the molecule is c1ccc(C(CC23CC4CC(CC(C4)C2)C3)c2ccccc2)cc1. The summed E-state index contributed by atoms with van der Waals surface area (Å²) in [5.41, 5.74) is 3.66. The van der Waals surface area contributed by atoms with Gasteiger partial charge in [0.2, 0.25) is 0 Å². The molecule has 0 aliphatic heterocycles. The lowest BCUT2D eigenvalue weighted by molar-refractivity contribution is -0.0591. The first kappa shape index (κ1) is 14.8. The first-order valence-electron chi connectivity index (χ1n) is 9.90. The Morgan fingerprint density at radius 3 is 1.50 bits per heavy atom. The second-order valence-corrected chi connectivity index (χ2v) is 9.00. The summed E-state index contributed by atoms with van der Waals surface area (Å²) in [5, 5.41) is 0. The predicted molar refractivity (Wildman–Crippen MR) is 99.9 cm³/mol. The molecular formula is C24H28. The van der Waals surface area contributed by atoms with Crippen molar-refractivity contribution in [1.82, 2.24) is 0 Å². The molecule has 0 amide bonds. The van der Waals surface area contributed by atoms with E-state index >= 15 is 0 Å². The van der Waals surface area contributed by atoms with Crippen LogP contribution in [-0.2, 0) is 0 Å². The minimum absolute atomic E-state index is 0.573. The molecule has 0 unspecified atom stereocenters. The van der Waals surface area contributed by atoms with Crippen molar-refractivity contribution in [3.63, 3.8) is 0 Å². The largest absolute Gasteiger partial charge is 0.0622 e. The van der Waals surface area contributed by atoms with Gasteiger partial charge in [0, 0.05) is 5.92 Å². The molecule has 4 aliphatic rings. The molecule has 0 N–H and O–H groups in total. The highest BCUT2D eigenvalue weighted by atomic mass is 14.6. The summed E-state index contributed by atoms with van der Waals surface area (Å²) in [6.45, 7) is 0. The zero-order chi connectivity index (χ0) is 16.0. The molecule has 0 radical (unpaired) electrons. The third kappa shape index (κ3) is 2.61. The van der Waals surface area contributed by atoms with Gasteiger partial charge in [-0.15, -0.1) is 0 Å². The molecule has 124 valence electrons. The van der Waals surface area contributed by atoms with Gasteiger partial charge in [0.15, 0.2) is 0 Å². The van der Waals surface area contributed by atoms with Crippen LogP contribution in [0.2, 0.25) is 0 Å². The monoisotopic (exact) mass is 316 g/mol. The van der Waals surface area contributed by atoms with Crippen LogP contribution in [0.25, 0.3) is 0 Å². The molecule has 2 aromatic rings. The Labute approximate surface area is 146 Å². The molecule has 0 saturated heterocycles. The van der Waals surface area contributed by atoms with Gasteiger partial charge in [-0.3, -0.25) is 0 Å². The van der Waals surface area contributed by atoms with Gasteiger partial charge in [0.1, 0.15) is 0 Å². The molecule has 0 spiro atoms. The molecule has 0 nitrogen and oxygen atoms in total. The number of hydrogen-bond acceptors (Lipinski definition) is 0. The van der Waals surface area contributed by atoms with Crippen molar-refractivity contribution in [2.45, 2.75) is 50.9 Å². The van der Waals surface area contributed by atoms with Gasteiger partial charge < -0.3 is 0 Å². The van der Waals surface area contributed by atoms with E-state index < -0.39 is 0 Å². The molecule has 0 aromatic heterocycles. The van der Waals surface area contributed by atoms with Crippen LogP contribution in [0, 0.1) is 23.2 Å². The van der Waals surface area contributed by atoms with Gasteiger partial charge in [0.05, 0.1) is 0 Å². The smallest absolute Gasteiger partial charge is 0.00946 e. The van der Waals surface area contributed by atoms with Gasteiger partial charge in [-0.25, -0.2) is 0 Å². The van der Waals surface area contributed by atoms with E-state index in [1.807, 2.05) is 0 Å². The summed E-state index contributed by atoms with van der Waals surface area (Å²) in [6.07, 6.45) is 10.5. The first-order chi connectivity index (χ1) is 11.8. The summed E-state index contributed by atoms with van der Waals surface area (Å²) in [6, 6.07) is 22.5. The minimum Gasteiger partial charge on any atom is -0.0622 e. The molecule has 6 rings (SSSR count). The van der Waals surface area contributed by atoms with E-state index in [4.69, 9.17) is 0 Å². The maximum Gasteiger partial charge on any atom is 0.00946 e. The molecule has 4 bridgehead atoms. The topological polar surface area (TPSA) is 0 Å². The molecule has 4 fully saturated rings. The van der Waals surface area contributed by atoms with Gasteiger partial charge in [0.25, 0.3) is 0 Å². The molecule has 0 heteroatoms. The van der Waals surface area contributed by atoms with E-state index in [0.29, 0.717) is 11.3 Å². The lowest BCUT2D eigenvalue weighted by Crippen LogP contribution is -2.46. The van der Waals surface area contributed by atoms with Gasteiger partial charge in [-0.2, -0.15) is 0 Å². The van der Waals surface area contributed by atoms with E-state index in [0.717, 1.165) is 17.8 Å². The Balaban J connectivity index is 1.49. The van der Waals surface area contributed by atoms with Crippen LogP contribution < -0.4 is 0 Å². The van der Waals surface area contributed by atoms with Gasteiger partial charge >= 0.3 is 0 Å². The van der Waals surface area contributed by atoms with Crippen LogP contribution in [0.4, 0.5) is 0 Å². The van der Waals surface area contributed by atoms with Crippen LogP contribution >= 0.6 is 0 Å². The van der Waals surface area contributed by atoms with Crippen LogP contribution in [0.5, 0.6) is 0 Å². The summed E-state index contributed by atoms with van der Waals surface area (Å²) in [7, 11) is 0. The van der Waals surface area contributed by atoms with Crippen molar-refractivity contribution in [3.8, 4) is 0 Å². The summed E-state index contributed by atoms with van der Waals surface area (Å²) in [5.74, 6) is 3.71. The third-order valence-corrected chi connectivity index (χ3v) is 7.21. The van der Waals surface area contributed by atoms with Crippen LogP contribution in [0.15, 0.2) is 60.7 Å². The maximum atomic E-state index is 2.35. The number of rotatable bonds is 4. The minimum atomic E-state index is 0.573. The Hall–Kier alpha value is -1.56. The predicted octanol–water partition coefficient (Wildman–Crippen LogP) is 6.43. The second kappa shape index (κ2) is 5.76. The van der Waals surface area contributed by atoms with Crippen molar-refractivity contribution in [2.75, 3.05) is 0 Å². The molecule has 4 saturated carbocycles. The second-order valence-electron chi connectivity index (χ2n) is 9.00. The zero-order valence-corrected chi connectivity index (χ0v) is 14.5. The highest BCUT2D eigenvalue weighted by Crippen LogP contribution is 2.63. The van der Waals surface area contributed by atoms with E-state index in [1.54, 1.807) is 19.3 Å². The Morgan fingerprint density at radius 2 is 1.08 bits per heavy atom. The standard InChI is InChI=1S/C24H28/c1-3-7-21(8-4-1)23(22-9-5-2-6-10-22)17-24-14-18-11-19(15-24)13-20(12-18)16-24/h1-10,18-20,23H,11-17H2. The summed E-state index contributed by atoms with van der Waals surface area (Å²) < 4.78 is 0. The average molecular weight is 316 g/mol. The molecule has 0 atom stereocenters. The van der Waals surface area contributed by atoms with Crippen molar-refractivity contribution in [3.05, 3.63) is 71.8 Å². The van der Waals surface area contributed by atoms with Crippen LogP contribution in [-0.4, -0.2) is 0 Å². The number of hydrogen-bond donors (Lipinski definition) is 0. The fraction of sp³-hybridized carbons (Fsp3) is 0.500. The average Bonchev–Trinajstić information content (AvgIpc) is 2.60. The Kier molecular flexibility index (Phi) is 3.54. The third-order valence-electron chi connectivity index (χ3n) is 7.21.